The second kappa shape index (κ2) is 9.78. The average molecular weight is 337 g/mol. The molecular weight excluding hydrogens is 312 g/mol. The molecule has 1 heterocycles. The molecule has 0 aliphatic heterocycles. The van der Waals surface area contributed by atoms with Crippen molar-refractivity contribution in [2.24, 2.45) is 0 Å². The summed E-state index contributed by atoms with van der Waals surface area (Å²) in [6.07, 6.45) is 5.03. The highest BCUT2D eigenvalue weighted by Gasteiger charge is 2.18. The zero-order valence-electron chi connectivity index (χ0n) is 12.1. The molecule has 1 aromatic rings. The molecule has 0 saturated carbocycles. The van der Waals surface area contributed by atoms with E-state index in [2.05, 4.69) is 23.2 Å². The van der Waals surface area contributed by atoms with Crippen molar-refractivity contribution in [1.82, 2.24) is 10.0 Å². The van der Waals surface area contributed by atoms with Gasteiger partial charge in [0.2, 0.25) is 10.0 Å². The lowest BCUT2D eigenvalue weighted by atomic mass is 10.3. The number of sulfonamides is 1. The standard InChI is InChI=1S/C13H24N2O2S3/c1-3-7-14-11-12-13(6-10-19-12)20(16,17)15-8-4-5-9-18-2/h6,10,14-15H,3-5,7-9,11H2,1-2H3. The van der Waals surface area contributed by atoms with Crippen LogP contribution in [0.3, 0.4) is 0 Å². The molecule has 20 heavy (non-hydrogen) atoms. The van der Waals surface area contributed by atoms with Crippen LogP contribution in [0.4, 0.5) is 0 Å². The molecule has 0 fully saturated rings. The molecule has 0 spiro atoms. The molecule has 1 aromatic heterocycles. The maximum Gasteiger partial charge on any atom is 0.241 e. The number of unbranched alkanes of at least 4 members (excludes halogenated alkanes) is 1. The Morgan fingerprint density at radius 3 is 2.80 bits per heavy atom. The van der Waals surface area contributed by atoms with E-state index in [1.807, 2.05) is 5.38 Å². The Bertz CT molecular complexity index is 472. The molecule has 0 amide bonds. The lowest BCUT2D eigenvalue weighted by Gasteiger charge is -2.08. The Labute approximate surface area is 130 Å². The zero-order valence-corrected chi connectivity index (χ0v) is 14.6. The lowest BCUT2D eigenvalue weighted by Crippen LogP contribution is -2.26. The quantitative estimate of drug-likeness (QED) is 0.610. The second-order valence-electron chi connectivity index (χ2n) is 4.48. The molecule has 4 nitrogen and oxygen atoms in total. The van der Waals surface area contributed by atoms with Crippen molar-refractivity contribution >= 4 is 33.1 Å². The van der Waals surface area contributed by atoms with E-state index in [1.54, 1.807) is 17.8 Å². The van der Waals surface area contributed by atoms with Crippen molar-refractivity contribution in [3.05, 3.63) is 16.3 Å². The average Bonchev–Trinajstić information content (AvgIpc) is 2.88. The van der Waals surface area contributed by atoms with Crippen molar-refractivity contribution < 1.29 is 8.42 Å². The molecule has 0 aliphatic carbocycles. The van der Waals surface area contributed by atoms with Crippen LogP contribution in [0.25, 0.3) is 0 Å². The highest BCUT2D eigenvalue weighted by molar-refractivity contribution is 7.98. The predicted octanol–water partition coefficient (Wildman–Crippen LogP) is 2.67. The van der Waals surface area contributed by atoms with Crippen molar-refractivity contribution in [3.63, 3.8) is 0 Å². The van der Waals surface area contributed by atoms with Crippen molar-refractivity contribution in [1.29, 1.82) is 0 Å². The predicted molar refractivity (Wildman–Crippen MR) is 89.1 cm³/mol. The van der Waals surface area contributed by atoms with Gasteiger partial charge in [0.25, 0.3) is 0 Å². The summed E-state index contributed by atoms with van der Waals surface area (Å²) in [7, 11) is -3.36. The van der Waals surface area contributed by atoms with Gasteiger partial charge in [0.1, 0.15) is 0 Å². The fourth-order valence-corrected chi connectivity index (χ4v) is 4.71. The van der Waals surface area contributed by atoms with Gasteiger partial charge in [-0.15, -0.1) is 11.3 Å². The summed E-state index contributed by atoms with van der Waals surface area (Å²) in [6, 6.07) is 1.69. The van der Waals surface area contributed by atoms with E-state index in [4.69, 9.17) is 0 Å². The van der Waals surface area contributed by atoms with Gasteiger partial charge in [-0.25, -0.2) is 13.1 Å². The topological polar surface area (TPSA) is 58.2 Å². The van der Waals surface area contributed by atoms with Crippen LogP contribution in [-0.4, -0.2) is 33.5 Å². The van der Waals surface area contributed by atoms with Gasteiger partial charge in [-0.05, 0) is 49.3 Å². The van der Waals surface area contributed by atoms with Crippen molar-refractivity contribution in [2.75, 3.05) is 25.1 Å². The maximum absolute atomic E-state index is 12.2. The molecule has 0 bridgehead atoms. The van der Waals surface area contributed by atoms with E-state index in [0.717, 1.165) is 36.4 Å². The van der Waals surface area contributed by atoms with Gasteiger partial charge in [0.15, 0.2) is 0 Å². The molecule has 1 rings (SSSR count). The van der Waals surface area contributed by atoms with Gasteiger partial charge in [-0.3, -0.25) is 0 Å². The first-order valence-corrected chi connectivity index (χ1v) is 10.6. The monoisotopic (exact) mass is 336 g/mol. The van der Waals surface area contributed by atoms with Gasteiger partial charge in [-0.1, -0.05) is 6.92 Å². The molecule has 0 saturated heterocycles. The normalized spacial score (nSPS) is 11.9. The van der Waals surface area contributed by atoms with E-state index in [0.29, 0.717) is 18.0 Å². The number of hydrogen-bond acceptors (Lipinski definition) is 5. The molecule has 0 unspecified atom stereocenters. The summed E-state index contributed by atoms with van der Waals surface area (Å²) >= 11 is 3.28. The van der Waals surface area contributed by atoms with E-state index < -0.39 is 10.0 Å². The Balaban J connectivity index is 2.52. The third-order valence-corrected chi connectivity index (χ3v) is 6.07. The van der Waals surface area contributed by atoms with Crippen LogP contribution in [-0.2, 0) is 16.6 Å². The first-order chi connectivity index (χ1) is 9.61. The van der Waals surface area contributed by atoms with E-state index in [-0.39, 0.29) is 0 Å². The minimum atomic E-state index is -3.36. The third kappa shape index (κ3) is 6.13. The lowest BCUT2D eigenvalue weighted by molar-refractivity contribution is 0.576. The Hall–Kier alpha value is -0.0800. The van der Waals surface area contributed by atoms with Crippen LogP contribution in [0.2, 0.25) is 0 Å². The van der Waals surface area contributed by atoms with Crippen LogP contribution < -0.4 is 10.0 Å². The highest BCUT2D eigenvalue weighted by Crippen LogP contribution is 2.21. The van der Waals surface area contributed by atoms with E-state index in [9.17, 15) is 8.42 Å². The molecule has 0 radical (unpaired) electrons. The molecule has 0 aliphatic rings. The number of hydrogen-bond donors (Lipinski definition) is 2. The van der Waals surface area contributed by atoms with Crippen LogP contribution >= 0.6 is 23.1 Å². The second-order valence-corrected chi connectivity index (χ2v) is 8.20. The molecule has 7 heteroatoms. The molecule has 0 atom stereocenters. The van der Waals surface area contributed by atoms with Crippen molar-refractivity contribution in [3.8, 4) is 0 Å². The third-order valence-electron chi connectivity index (χ3n) is 2.77. The first kappa shape index (κ1) is 18.0. The fourth-order valence-electron chi connectivity index (χ4n) is 1.73. The number of nitrogens with one attached hydrogen (secondary N) is 2. The Morgan fingerprint density at radius 1 is 1.30 bits per heavy atom. The number of thiophene rings is 1. The summed E-state index contributed by atoms with van der Waals surface area (Å²) in [4.78, 5) is 1.31. The largest absolute Gasteiger partial charge is 0.312 e. The van der Waals surface area contributed by atoms with Gasteiger partial charge in [0.05, 0.1) is 4.90 Å². The first-order valence-electron chi connectivity index (χ1n) is 6.87. The van der Waals surface area contributed by atoms with Gasteiger partial charge < -0.3 is 5.32 Å². The van der Waals surface area contributed by atoms with Gasteiger partial charge >= 0.3 is 0 Å². The van der Waals surface area contributed by atoms with E-state index in [1.165, 1.54) is 11.3 Å². The van der Waals surface area contributed by atoms with Crippen LogP contribution in [0.1, 0.15) is 31.1 Å². The fraction of sp³-hybridized carbons (Fsp3) is 0.692. The van der Waals surface area contributed by atoms with Crippen LogP contribution in [0.5, 0.6) is 0 Å². The Morgan fingerprint density at radius 2 is 2.10 bits per heavy atom. The SMILES string of the molecule is CCCNCc1sccc1S(=O)(=O)NCCCCSC. The summed E-state index contributed by atoms with van der Waals surface area (Å²) < 4.78 is 27.2. The maximum atomic E-state index is 12.2. The number of thioether (sulfide) groups is 1. The smallest absolute Gasteiger partial charge is 0.241 e. The summed E-state index contributed by atoms with van der Waals surface area (Å²) in [5, 5.41) is 5.09. The highest BCUT2D eigenvalue weighted by atomic mass is 32.2. The summed E-state index contributed by atoms with van der Waals surface area (Å²) in [5.41, 5.74) is 0. The van der Waals surface area contributed by atoms with Gasteiger partial charge in [-0.2, -0.15) is 11.8 Å². The van der Waals surface area contributed by atoms with Crippen molar-refractivity contribution in [2.45, 2.75) is 37.6 Å². The van der Waals surface area contributed by atoms with E-state index >= 15 is 0 Å². The molecule has 116 valence electrons. The minimum Gasteiger partial charge on any atom is -0.312 e. The molecule has 0 aromatic carbocycles. The van der Waals surface area contributed by atoms with Crippen LogP contribution in [0.15, 0.2) is 16.3 Å². The minimum absolute atomic E-state index is 0.427. The van der Waals surface area contributed by atoms with Gasteiger partial charge in [0, 0.05) is 18.0 Å². The summed E-state index contributed by atoms with van der Waals surface area (Å²) in [6.45, 7) is 4.13. The summed E-state index contributed by atoms with van der Waals surface area (Å²) in [5.74, 6) is 1.08. The zero-order chi connectivity index (χ0) is 14.8. The Kier molecular flexibility index (Phi) is 8.79. The molecular formula is C13H24N2O2S3. The van der Waals surface area contributed by atoms with Crippen LogP contribution in [0, 0.1) is 0 Å². The number of rotatable bonds is 11. The molecule has 2 N–H and O–H groups in total.